The van der Waals surface area contributed by atoms with E-state index in [9.17, 15) is 9.59 Å². The fourth-order valence-corrected chi connectivity index (χ4v) is 1.65. The maximum atomic E-state index is 11.8. The van der Waals surface area contributed by atoms with Crippen molar-refractivity contribution in [3.05, 3.63) is 0 Å². The SMILES string of the molecule is CC(C)CCOCCNC(=O)N(CC(=O)O)C1CC1. The molecule has 1 fully saturated rings. The second-order valence-electron chi connectivity index (χ2n) is 5.28. The van der Waals surface area contributed by atoms with Crippen LogP contribution in [0.5, 0.6) is 0 Å². The molecule has 6 heteroatoms. The van der Waals surface area contributed by atoms with Crippen LogP contribution in [0.15, 0.2) is 0 Å². The molecule has 6 nitrogen and oxygen atoms in total. The Morgan fingerprint density at radius 2 is 2.05 bits per heavy atom. The third kappa shape index (κ3) is 7.00. The van der Waals surface area contributed by atoms with Gasteiger partial charge in [-0.15, -0.1) is 0 Å². The standard InChI is InChI=1S/C13H24N2O4/c1-10(2)5-7-19-8-6-14-13(18)15(9-12(16)17)11-3-4-11/h10-11H,3-9H2,1-2H3,(H,14,18)(H,16,17). The summed E-state index contributed by atoms with van der Waals surface area (Å²) in [5.74, 6) is -0.370. The highest BCUT2D eigenvalue weighted by Crippen LogP contribution is 2.26. The lowest BCUT2D eigenvalue weighted by Crippen LogP contribution is -2.45. The number of amides is 2. The number of nitrogens with one attached hydrogen (secondary N) is 1. The molecular weight excluding hydrogens is 248 g/mol. The number of urea groups is 1. The van der Waals surface area contributed by atoms with Crippen LogP contribution < -0.4 is 5.32 Å². The fraction of sp³-hybridized carbons (Fsp3) is 0.846. The third-order valence-corrected chi connectivity index (χ3v) is 2.92. The summed E-state index contributed by atoms with van der Waals surface area (Å²) in [6.07, 6.45) is 2.79. The van der Waals surface area contributed by atoms with Crippen molar-refractivity contribution in [1.29, 1.82) is 0 Å². The smallest absolute Gasteiger partial charge is 0.323 e. The van der Waals surface area contributed by atoms with Gasteiger partial charge in [0.2, 0.25) is 0 Å². The molecule has 1 aliphatic rings. The molecule has 1 aliphatic carbocycles. The van der Waals surface area contributed by atoms with Crippen LogP contribution in [0.3, 0.4) is 0 Å². The molecule has 0 aromatic carbocycles. The minimum Gasteiger partial charge on any atom is -0.480 e. The first-order chi connectivity index (χ1) is 9.00. The number of carboxylic acids is 1. The molecule has 1 rings (SSSR count). The molecule has 0 saturated heterocycles. The summed E-state index contributed by atoms with van der Waals surface area (Å²) >= 11 is 0. The number of nitrogens with zero attached hydrogens (tertiary/aromatic N) is 1. The van der Waals surface area contributed by atoms with Crippen molar-refractivity contribution in [1.82, 2.24) is 10.2 Å². The van der Waals surface area contributed by atoms with Gasteiger partial charge in [-0.1, -0.05) is 13.8 Å². The zero-order valence-corrected chi connectivity index (χ0v) is 11.7. The molecule has 2 N–H and O–H groups in total. The number of carbonyl (C=O) groups excluding carboxylic acids is 1. The average molecular weight is 272 g/mol. The molecule has 0 radical (unpaired) electrons. The van der Waals surface area contributed by atoms with Crippen molar-refractivity contribution in [2.45, 2.75) is 39.2 Å². The van der Waals surface area contributed by atoms with E-state index in [1.165, 1.54) is 4.90 Å². The summed E-state index contributed by atoms with van der Waals surface area (Å²) in [5, 5.41) is 11.5. The molecule has 0 bridgehead atoms. The van der Waals surface area contributed by atoms with Crippen molar-refractivity contribution in [3.8, 4) is 0 Å². The predicted octanol–water partition coefficient (Wildman–Crippen LogP) is 1.31. The topological polar surface area (TPSA) is 78.9 Å². The van der Waals surface area contributed by atoms with Gasteiger partial charge in [0.1, 0.15) is 6.54 Å². The van der Waals surface area contributed by atoms with Crippen LogP contribution >= 0.6 is 0 Å². The number of hydrogen-bond acceptors (Lipinski definition) is 3. The Morgan fingerprint density at radius 3 is 2.58 bits per heavy atom. The molecule has 19 heavy (non-hydrogen) atoms. The van der Waals surface area contributed by atoms with Crippen molar-refractivity contribution in [3.63, 3.8) is 0 Å². The fourth-order valence-electron chi connectivity index (χ4n) is 1.65. The Morgan fingerprint density at radius 1 is 1.37 bits per heavy atom. The van der Waals surface area contributed by atoms with Gasteiger partial charge < -0.3 is 20.1 Å². The monoisotopic (exact) mass is 272 g/mol. The molecule has 0 atom stereocenters. The quantitative estimate of drug-likeness (QED) is 0.620. The van der Waals surface area contributed by atoms with Crippen molar-refractivity contribution in [2.75, 3.05) is 26.3 Å². The molecule has 0 aromatic heterocycles. The molecule has 1 saturated carbocycles. The van der Waals surface area contributed by atoms with Gasteiger partial charge in [-0.25, -0.2) is 4.79 Å². The van der Waals surface area contributed by atoms with E-state index >= 15 is 0 Å². The normalized spacial score (nSPS) is 14.5. The predicted molar refractivity (Wildman–Crippen MR) is 71.0 cm³/mol. The molecule has 0 spiro atoms. The van der Waals surface area contributed by atoms with Gasteiger partial charge in [0.05, 0.1) is 6.61 Å². The van der Waals surface area contributed by atoms with Crippen LogP contribution in [0.2, 0.25) is 0 Å². The number of hydrogen-bond donors (Lipinski definition) is 2. The lowest BCUT2D eigenvalue weighted by atomic mass is 10.1. The number of carbonyl (C=O) groups is 2. The molecule has 0 heterocycles. The summed E-state index contributed by atoms with van der Waals surface area (Å²) in [6.45, 7) is 5.60. The van der Waals surface area contributed by atoms with E-state index < -0.39 is 5.97 Å². The lowest BCUT2D eigenvalue weighted by Gasteiger charge is -2.20. The zero-order chi connectivity index (χ0) is 14.3. The summed E-state index contributed by atoms with van der Waals surface area (Å²) in [5.41, 5.74) is 0. The van der Waals surface area contributed by atoms with E-state index in [4.69, 9.17) is 9.84 Å². The van der Waals surface area contributed by atoms with E-state index in [0.717, 1.165) is 19.3 Å². The van der Waals surface area contributed by atoms with Crippen LogP contribution in [-0.2, 0) is 9.53 Å². The molecule has 2 amide bonds. The van der Waals surface area contributed by atoms with Gasteiger partial charge in [0.25, 0.3) is 0 Å². The Labute approximate surface area is 114 Å². The lowest BCUT2D eigenvalue weighted by molar-refractivity contribution is -0.137. The Kier molecular flexibility index (Phi) is 6.62. The highest BCUT2D eigenvalue weighted by atomic mass is 16.5. The first kappa shape index (κ1) is 15.8. The minimum atomic E-state index is -0.977. The van der Waals surface area contributed by atoms with Crippen LogP contribution in [-0.4, -0.2) is 54.4 Å². The van der Waals surface area contributed by atoms with E-state index in [1.807, 2.05) is 0 Å². The first-order valence-electron chi connectivity index (χ1n) is 6.84. The van der Waals surface area contributed by atoms with E-state index in [1.54, 1.807) is 0 Å². The highest BCUT2D eigenvalue weighted by molar-refractivity contribution is 5.80. The minimum absolute atomic E-state index is 0.0953. The highest BCUT2D eigenvalue weighted by Gasteiger charge is 2.33. The number of aliphatic carboxylic acids is 1. The van der Waals surface area contributed by atoms with Gasteiger partial charge in [-0.3, -0.25) is 4.79 Å². The average Bonchev–Trinajstić information content (AvgIpc) is 3.13. The van der Waals surface area contributed by atoms with Crippen molar-refractivity contribution < 1.29 is 19.4 Å². The number of rotatable bonds is 9. The van der Waals surface area contributed by atoms with Crippen LogP contribution in [0, 0.1) is 5.92 Å². The summed E-state index contributed by atoms with van der Waals surface area (Å²) in [7, 11) is 0. The molecule has 0 unspecified atom stereocenters. The number of carboxylic acid groups (broad SMARTS) is 1. The Balaban J connectivity index is 2.13. The summed E-state index contributed by atoms with van der Waals surface area (Å²) in [4.78, 5) is 23.9. The van der Waals surface area contributed by atoms with Gasteiger partial charge >= 0.3 is 12.0 Å². The maximum Gasteiger partial charge on any atom is 0.323 e. The number of ether oxygens (including phenoxy) is 1. The van der Waals surface area contributed by atoms with Gasteiger partial charge in [0, 0.05) is 19.2 Å². The molecular formula is C13H24N2O4. The van der Waals surface area contributed by atoms with E-state index in [0.29, 0.717) is 25.7 Å². The van der Waals surface area contributed by atoms with E-state index in [2.05, 4.69) is 19.2 Å². The largest absolute Gasteiger partial charge is 0.480 e. The van der Waals surface area contributed by atoms with Crippen LogP contribution in [0.1, 0.15) is 33.1 Å². The second kappa shape index (κ2) is 7.99. The third-order valence-electron chi connectivity index (χ3n) is 2.92. The van der Waals surface area contributed by atoms with Crippen molar-refractivity contribution in [2.24, 2.45) is 5.92 Å². The van der Waals surface area contributed by atoms with E-state index in [-0.39, 0.29) is 18.6 Å². The Hall–Kier alpha value is -1.30. The van der Waals surface area contributed by atoms with Gasteiger partial charge in [-0.2, -0.15) is 0 Å². The second-order valence-corrected chi connectivity index (χ2v) is 5.28. The summed E-state index contributed by atoms with van der Waals surface area (Å²) in [6, 6.07) is -0.213. The molecule has 110 valence electrons. The van der Waals surface area contributed by atoms with Gasteiger partial charge in [-0.05, 0) is 25.2 Å². The van der Waals surface area contributed by atoms with Gasteiger partial charge in [0.15, 0.2) is 0 Å². The summed E-state index contributed by atoms with van der Waals surface area (Å²) < 4.78 is 5.38. The molecule has 0 aliphatic heterocycles. The van der Waals surface area contributed by atoms with Crippen molar-refractivity contribution >= 4 is 12.0 Å². The van der Waals surface area contributed by atoms with Crippen LogP contribution in [0.4, 0.5) is 4.79 Å². The zero-order valence-electron chi connectivity index (χ0n) is 11.7. The van der Waals surface area contributed by atoms with Crippen LogP contribution in [0.25, 0.3) is 0 Å². The first-order valence-corrected chi connectivity index (χ1v) is 6.84. The maximum absolute atomic E-state index is 11.8. The molecule has 0 aromatic rings. The Bertz CT molecular complexity index is 303.